The molecule has 0 aliphatic carbocycles. The van der Waals surface area contributed by atoms with Crippen LogP contribution in [-0.4, -0.2) is 42.9 Å². The van der Waals surface area contributed by atoms with E-state index in [9.17, 15) is 9.59 Å². The molecule has 0 unspecified atom stereocenters. The lowest BCUT2D eigenvalue weighted by Crippen LogP contribution is -2.33. The van der Waals surface area contributed by atoms with E-state index >= 15 is 0 Å². The molecule has 2 amide bonds. The molecule has 0 N–H and O–H groups in total. The summed E-state index contributed by atoms with van der Waals surface area (Å²) in [6, 6.07) is 24.5. The number of hydrogen-bond acceptors (Lipinski definition) is 5. The second kappa shape index (κ2) is 9.61. The second-order valence-electron chi connectivity index (χ2n) is 7.77. The molecule has 168 valence electrons. The summed E-state index contributed by atoms with van der Waals surface area (Å²) in [7, 11) is 4.96. The van der Waals surface area contributed by atoms with Gasteiger partial charge in [-0.3, -0.25) is 14.5 Å². The number of imide groups is 1. The number of carbonyl (C=O) groups is 2. The van der Waals surface area contributed by atoms with Crippen LogP contribution in [-0.2, 0) is 22.7 Å². The molecule has 33 heavy (non-hydrogen) atoms. The van der Waals surface area contributed by atoms with Crippen molar-refractivity contribution in [2.75, 3.05) is 21.3 Å². The van der Waals surface area contributed by atoms with Crippen LogP contribution in [0.1, 0.15) is 16.7 Å². The molecule has 4 rings (SSSR count). The zero-order chi connectivity index (χ0) is 23.4. The van der Waals surface area contributed by atoms with E-state index in [1.807, 2.05) is 84.7 Å². The minimum atomic E-state index is -0.356. The van der Waals surface area contributed by atoms with Gasteiger partial charge in [-0.25, -0.2) is 0 Å². The van der Waals surface area contributed by atoms with Gasteiger partial charge in [-0.1, -0.05) is 66.7 Å². The van der Waals surface area contributed by atoms with Gasteiger partial charge < -0.3 is 14.4 Å². The maximum Gasteiger partial charge on any atom is 0.278 e. The zero-order valence-corrected chi connectivity index (χ0v) is 18.9. The first-order valence-electron chi connectivity index (χ1n) is 10.7. The highest BCUT2D eigenvalue weighted by Gasteiger charge is 2.42. The van der Waals surface area contributed by atoms with Crippen molar-refractivity contribution in [3.63, 3.8) is 0 Å². The number of amides is 2. The normalized spacial score (nSPS) is 13.5. The number of methoxy groups -OCH3 is 2. The highest BCUT2D eigenvalue weighted by molar-refractivity contribution is 6.35. The maximum absolute atomic E-state index is 13.7. The van der Waals surface area contributed by atoms with E-state index in [0.29, 0.717) is 34.9 Å². The number of likely N-dealkylation sites (N-methyl/N-ethyl adjacent to an activating group) is 1. The fourth-order valence-corrected chi connectivity index (χ4v) is 4.10. The summed E-state index contributed by atoms with van der Waals surface area (Å²) >= 11 is 0. The van der Waals surface area contributed by atoms with Gasteiger partial charge in [-0.15, -0.1) is 0 Å². The van der Waals surface area contributed by atoms with Crippen molar-refractivity contribution in [1.82, 2.24) is 9.80 Å². The molecule has 0 fully saturated rings. The Bertz CT molecular complexity index is 1200. The van der Waals surface area contributed by atoms with E-state index in [1.165, 1.54) is 4.90 Å². The molecular weight excluding hydrogens is 416 g/mol. The van der Waals surface area contributed by atoms with E-state index in [4.69, 9.17) is 9.47 Å². The van der Waals surface area contributed by atoms with Crippen LogP contribution in [0.25, 0.3) is 5.57 Å². The van der Waals surface area contributed by atoms with Crippen LogP contribution in [0.3, 0.4) is 0 Å². The number of hydrogen-bond donors (Lipinski definition) is 0. The summed E-state index contributed by atoms with van der Waals surface area (Å²) in [5.74, 6) is 0.469. The predicted molar refractivity (Wildman–Crippen MR) is 126 cm³/mol. The van der Waals surface area contributed by atoms with Crippen LogP contribution in [0.4, 0.5) is 0 Å². The zero-order valence-electron chi connectivity index (χ0n) is 18.9. The molecule has 3 aromatic rings. The average molecular weight is 443 g/mol. The largest absolute Gasteiger partial charge is 0.496 e. The van der Waals surface area contributed by atoms with Gasteiger partial charge in [0, 0.05) is 24.7 Å². The van der Waals surface area contributed by atoms with Crippen LogP contribution in [0.2, 0.25) is 0 Å². The Hall–Kier alpha value is -4.06. The molecule has 6 nitrogen and oxygen atoms in total. The molecule has 1 heterocycles. The first-order chi connectivity index (χ1) is 16.0. The Kier molecular flexibility index (Phi) is 6.45. The van der Waals surface area contributed by atoms with E-state index in [0.717, 1.165) is 11.1 Å². The van der Waals surface area contributed by atoms with Crippen molar-refractivity contribution in [2.24, 2.45) is 0 Å². The molecule has 0 saturated heterocycles. The SMILES string of the molecule is COc1ccccc1CN1C(=O)C(c2ccccc2OC)=C(N(C)Cc2ccccc2)C1=O. The Labute approximate surface area is 193 Å². The number of para-hydroxylation sites is 2. The minimum Gasteiger partial charge on any atom is -0.496 e. The number of carbonyl (C=O) groups excluding carboxylic acids is 2. The molecule has 0 spiro atoms. The molecule has 3 aromatic carbocycles. The summed E-state index contributed by atoms with van der Waals surface area (Å²) < 4.78 is 11.0. The molecule has 0 radical (unpaired) electrons. The van der Waals surface area contributed by atoms with Crippen LogP contribution < -0.4 is 9.47 Å². The second-order valence-corrected chi connectivity index (χ2v) is 7.77. The monoisotopic (exact) mass is 442 g/mol. The van der Waals surface area contributed by atoms with Gasteiger partial charge in [-0.05, 0) is 17.7 Å². The summed E-state index contributed by atoms with van der Waals surface area (Å²) in [5, 5.41) is 0. The van der Waals surface area contributed by atoms with Gasteiger partial charge in [0.05, 0.1) is 26.3 Å². The van der Waals surface area contributed by atoms with Crippen LogP contribution in [0.15, 0.2) is 84.6 Å². The predicted octanol–water partition coefficient (Wildman–Crippen LogP) is 4.12. The number of ether oxygens (including phenoxy) is 2. The molecule has 6 heteroatoms. The highest BCUT2D eigenvalue weighted by atomic mass is 16.5. The average Bonchev–Trinajstić information content (AvgIpc) is 3.09. The fourth-order valence-electron chi connectivity index (χ4n) is 4.10. The van der Waals surface area contributed by atoms with Gasteiger partial charge in [0.25, 0.3) is 11.8 Å². The molecule has 0 atom stereocenters. The lowest BCUT2D eigenvalue weighted by Gasteiger charge is -2.22. The first kappa shape index (κ1) is 22.1. The van der Waals surface area contributed by atoms with Crippen molar-refractivity contribution in [1.29, 1.82) is 0 Å². The van der Waals surface area contributed by atoms with Crippen LogP contribution in [0, 0.1) is 0 Å². The van der Waals surface area contributed by atoms with E-state index in [2.05, 4.69) is 0 Å². The Balaban J connectivity index is 1.77. The molecule has 1 aliphatic heterocycles. The molecular formula is C27H26N2O4. The van der Waals surface area contributed by atoms with Gasteiger partial charge in [0.2, 0.25) is 0 Å². The molecule has 0 bridgehead atoms. The van der Waals surface area contributed by atoms with Crippen molar-refractivity contribution in [2.45, 2.75) is 13.1 Å². The van der Waals surface area contributed by atoms with Crippen LogP contribution >= 0.6 is 0 Å². The van der Waals surface area contributed by atoms with E-state index in [1.54, 1.807) is 20.3 Å². The van der Waals surface area contributed by atoms with Gasteiger partial charge in [0.1, 0.15) is 17.2 Å². The third kappa shape index (κ3) is 4.32. The van der Waals surface area contributed by atoms with Gasteiger partial charge in [0.15, 0.2) is 0 Å². The lowest BCUT2D eigenvalue weighted by molar-refractivity contribution is -0.138. The standard InChI is InChI=1S/C27H26N2O4/c1-28(17-19-11-5-4-6-12-19)25-24(21-14-8-10-16-23(21)33-3)26(30)29(27(25)31)18-20-13-7-9-15-22(20)32-2/h4-16H,17-18H2,1-3H3. The molecule has 0 aromatic heterocycles. The summed E-state index contributed by atoms with van der Waals surface area (Å²) in [6.07, 6.45) is 0. The van der Waals surface area contributed by atoms with Crippen molar-refractivity contribution in [3.05, 3.63) is 101 Å². The quantitative estimate of drug-likeness (QED) is 0.492. The summed E-state index contributed by atoms with van der Waals surface area (Å²) in [4.78, 5) is 30.4. The Morgan fingerprint density at radius 1 is 0.758 bits per heavy atom. The third-order valence-electron chi connectivity index (χ3n) is 5.69. The topological polar surface area (TPSA) is 59.1 Å². The van der Waals surface area contributed by atoms with Crippen molar-refractivity contribution >= 4 is 17.4 Å². The number of rotatable bonds is 8. The van der Waals surface area contributed by atoms with E-state index in [-0.39, 0.29) is 18.4 Å². The molecule has 0 saturated carbocycles. The summed E-state index contributed by atoms with van der Waals surface area (Å²) in [5.41, 5.74) is 3.08. The third-order valence-corrected chi connectivity index (χ3v) is 5.69. The smallest absolute Gasteiger partial charge is 0.278 e. The Morgan fingerprint density at radius 2 is 1.36 bits per heavy atom. The first-order valence-corrected chi connectivity index (χ1v) is 10.7. The Morgan fingerprint density at radius 3 is 2.06 bits per heavy atom. The lowest BCUT2D eigenvalue weighted by atomic mass is 10.0. The summed E-state index contributed by atoms with van der Waals surface area (Å²) in [6.45, 7) is 0.597. The fraction of sp³-hybridized carbons (Fsp3) is 0.185. The van der Waals surface area contributed by atoms with Crippen LogP contribution in [0.5, 0.6) is 11.5 Å². The maximum atomic E-state index is 13.7. The van der Waals surface area contributed by atoms with Gasteiger partial charge in [-0.2, -0.15) is 0 Å². The minimum absolute atomic E-state index is 0.114. The van der Waals surface area contributed by atoms with Crippen molar-refractivity contribution < 1.29 is 19.1 Å². The highest BCUT2D eigenvalue weighted by Crippen LogP contribution is 2.37. The molecule has 1 aliphatic rings. The number of nitrogens with zero attached hydrogens (tertiary/aromatic N) is 2. The van der Waals surface area contributed by atoms with E-state index < -0.39 is 0 Å². The van der Waals surface area contributed by atoms with Crippen molar-refractivity contribution in [3.8, 4) is 11.5 Å². The number of benzene rings is 3. The van der Waals surface area contributed by atoms with Gasteiger partial charge >= 0.3 is 0 Å².